The summed E-state index contributed by atoms with van der Waals surface area (Å²) < 4.78 is 59.1. The van der Waals surface area contributed by atoms with Crippen LogP contribution in [0.5, 0.6) is 0 Å². The number of hydrogen-bond acceptors (Lipinski definition) is 7. The van der Waals surface area contributed by atoms with Gasteiger partial charge in [-0.15, -0.1) is 0 Å². The lowest BCUT2D eigenvalue weighted by Gasteiger charge is -2.17. The van der Waals surface area contributed by atoms with Crippen LogP contribution in [0, 0.1) is 5.82 Å². The van der Waals surface area contributed by atoms with E-state index in [-0.39, 0.29) is 46.9 Å². The fourth-order valence-electron chi connectivity index (χ4n) is 5.13. The van der Waals surface area contributed by atoms with Gasteiger partial charge in [-0.05, 0) is 61.9 Å². The summed E-state index contributed by atoms with van der Waals surface area (Å²) in [6, 6.07) is 3.13. The summed E-state index contributed by atoms with van der Waals surface area (Å²) in [7, 11) is 1.10. The van der Waals surface area contributed by atoms with E-state index < -0.39 is 61.1 Å². The third kappa shape index (κ3) is 8.95. The third-order valence-electron chi connectivity index (χ3n) is 7.43. The summed E-state index contributed by atoms with van der Waals surface area (Å²) in [5.74, 6) is -2.20. The molecule has 0 radical (unpaired) electrons. The molecule has 0 spiro atoms. The van der Waals surface area contributed by atoms with Crippen molar-refractivity contribution in [1.82, 2.24) is 24.3 Å². The molecule has 17 heteroatoms. The first-order valence-corrected chi connectivity index (χ1v) is 14.6. The Bertz CT molecular complexity index is 1740. The molecule has 1 saturated heterocycles. The number of aryl methyl sites for hydroxylation is 1. The van der Waals surface area contributed by atoms with Crippen molar-refractivity contribution in [3.63, 3.8) is 0 Å². The first kappa shape index (κ1) is 34.6. The van der Waals surface area contributed by atoms with Crippen LogP contribution < -0.4 is 16.2 Å². The van der Waals surface area contributed by atoms with E-state index in [0.29, 0.717) is 17.7 Å². The number of halogens is 4. The molecule has 1 aromatic carbocycles. The van der Waals surface area contributed by atoms with Gasteiger partial charge in [-0.2, -0.15) is 13.2 Å². The number of alkyl halides is 3. The number of amides is 3. The minimum atomic E-state index is -4.55. The Morgan fingerprint density at radius 2 is 1.89 bits per heavy atom. The SMILES string of the molecule is COC(=O)N[C@@H](CC/C=C/C(=O)N1CCCC1)C(=O)Nc1cccn(Cc2nc3c(CCC(F)(F)F)cc(F)cc3n2C(=O)O)c1=O. The summed E-state index contributed by atoms with van der Waals surface area (Å²) in [6.45, 7) is 0.829. The highest BCUT2D eigenvalue weighted by molar-refractivity contribution is 5.96. The molecular formula is C30H32F4N6O7. The van der Waals surface area contributed by atoms with Gasteiger partial charge in [0.1, 0.15) is 23.4 Å². The van der Waals surface area contributed by atoms with E-state index in [1.807, 2.05) is 0 Å². The Morgan fingerprint density at radius 3 is 2.55 bits per heavy atom. The quantitative estimate of drug-likeness (QED) is 0.204. The smallest absolute Gasteiger partial charge is 0.417 e. The molecule has 13 nitrogen and oxygen atoms in total. The minimum absolute atomic E-state index is 0.0433. The van der Waals surface area contributed by atoms with Crippen LogP contribution in [0.1, 0.15) is 43.5 Å². The number of alkyl carbamates (subject to hydrolysis) is 1. The lowest BCUT2D eigenvalue weighted by molar-refractivity contribution is -0.134. The Hall–Kier alpha value is -5.22. The monoisotopic (exact) mass is 664 g/mol. The molecule has 1 fully saturated rings. The lowest BCUT2D eigenvalue weighted by Crippen LogP contribution is -2.44. The number of ether oxygens (including phenoxy) is 1. The number of nitrogens with one attached hydrogen (secondary N) is 2. The van der Waals surface area contributed by atoms with Gasteiger partial charge in [0.2, 0.25) is 11.8 Å². The number of benzene rings is 1. The number of methoxy groups -OCH3 is 1. The zero-order valence-electron chi connectivity index (χ0n) is 25.2. The fraction of sp³-hybridized carbons (Fsp3) is 0.400. The van der Waals surface area contributed by atoms with Gasteiger partial charge in [-0.3, -0.25) is 14.4 Å². The van der Waals surface area contributed by atoms with Crippen molar-refractivity contribution < 1.29 is 46.6 Å². The number of rotatable bonds is 11. The Balaban J connectivity index is 1.55. The molecule has 252 valence electrons. The van der Waals surface area contributed by atoms with Gasteiger partial charge in [0.05, 0.1) is 24.7 Å². The van der Waals surface area contributed by atoms with Crippen molar-refractivity contribution in [2.75, 3.05) is 25.5 Å². The van der Waals surface area contributed by atoms with Crippen LogP contribution >= 0.6 is 0 Å². The Morgan fingerprint density at radius 1 is 1.17 bits per heavy atom. The van der Waals surface area contributed by atoms with E-state index in [0.717, 1.165) is 36.7 Å². The molecule has 47 heavy (non-hydrogen) atoms. The molecule has 3 amide bonds. The van der Waals surface area contributed by atoms with Gasteiger partial charge in [0.15, 0.2) is 0 Å². The standard InChI is InChI=1S/C30H32F4N6O7/c1-47-28(44)36-20(7-2-3-9-24(41)38-12-4-5-13-38)26(42)35-21-8-6-14-39(27(21)43)17-23-37-25-18(10-11-30(32,33)34)15-19(31)16-22(25)40(23)29(45)46/h3,6,8-9,14-16,20H,2,4-5,7,10-13,17H2,1H3,(H,35,42)(H,36,44)(H,45,46)/b9-3+/t20-/m0/s1. The predicted molar refractivity (Wildman–Crippen MR) is 159 cm³/mol. The largest absolute Gasteiger partial charge is 0.464 e. The Labute approximate surface area is 264 Å². The number of carboxylic acid groups (broad SMARTS) is 1. The first-order valence-electron chi connectivity index (χ1n) is 14.6. The van der Waals surface area contributed by atoms with E-state index in [1.54, 1.807) is 11.0 Å². The Kier molecular flexibility index (Phi) is 11.0. The van der Waals surface area contributed by atoms with Crippen LogP contribution in [-0.4, -0.2) is 80.5 Å². The van der Waals surface area contributed by atoms with Gasteiger partial charge >= 0.3 is 18.4 Å². The molecule has 0 bridgehead atoms. The van der Waals surface area contributed by atoms with Crippen LogP contribution in [0.15, 0.2) is 47.4 Å². The molecule has 0 aliphatic carbocycles. The topological polar surface area (TPSA) is 165 Å². The highest BCUT2D eigenvalue weighted by atomic mass is 19.4. The normalized spacial score (nSPS) is 14.0. The summed E-state index contributed by atoms with van der Waals surface area (Å²) in [5.41, 5.74) is -1.68. The zero-order valence-corrected chi connectivity index (χ0v) is 25.2. The second kappa shape index (κ2) is 14.9. The second-order valence-corrected chi connectivity index (χ2v) is 10.7. The van der Waals surface area contributed by atoms with Crippen LogP contribution in [0.25, 0.3) is 11.0 Å². The molecule has 1 atom stereocenters. The molecule has 4 rings (SSSR count). The van der Waals surface area contributed by atoms with Crippen LogP contribution in [0.3, 0.4) is 0 Å². The summed E-state index contributed by atoms with van der Waals surface area (Å²) >= 11 is 0. The van der Waals surface area contributed by atoms with Crippen LogP contribution in [0.4, 0.5) is 32.8 Å². The lowest BCUT2D eigenvalue weighted by atomic mass is 10.1. The van der Waals surface area contributed by atoms with E-state index in [2.05, 4.69) is 20.4 Å². The van der Waals surface area contributed by atoms with Gasteiger partial charge in [0, 0.05) is 31.8 Å². The molecule has 1 aliphatic rings. The number of imidazole rings is 1. The van der Waals surface area contributed by atoms with E-state index in [9.17, 15) is 46.6 Å². The van der Waals surface area contributed by atoms with Crippen molar-refractivity contribution in [3.05, 3.63) is 70.2 Å². The number of fused-ring (bicyclic) bond motifs is 1. The van der Waals surface area contributed by atoms with Crippen molar-refractivity contribution in [3.8, 4) is 0 Å². The molecule has 0 unspecified atom stereocenters. The number of pyridine rings is 1. The highest BCUT2D eigenvalue weighted by Gasteiger charge is 2.28. The molecule has 3 aromatic rings. The van der Waals surface area contributed by atoms with Crippen molar-refractivity contribution in [2.45, 2.75) is 57.3 Å². The highest BCUT2D eigenvalue weighted by Crippen LogP contribution is 2.28. The fourth-order valence-corrected chi connectivity index (χ4v) is 5.13. The minimum Gasteiger partial charge on any atom is -0.464 e. The van der Waals surface area contributed by atoms with Crippen LogP contribution in [-0.2, 0) is 27.3 Å². The maximum Gasteiger partial charge on any atom is 0.417 e. The van der Waals surface area contributed by atoms with Crippen LogP contribution in [0.2, 0.25) is 0 Å². The number of hydrogen-bond donors (Lipinski definition) is 3. The first-order chi connectivity index (χ1) is 22.3. The molecule has 1 aliphatic heterocycles. The average Bonchev–Trinajstić information content (AvgIpc) is 3.67. The molecular weight excluding hydrogens is 632 g/mol. The third-order valence-corrected chi connectivity index (χ3v) is 7.43. The number of aromatic nitrogens is 3. The molecule has 2 aromatic heterocycles. The van der Waals surface area contributed by atoms with Crippen molar-refractivity contribution >= 4 is 40.7 Å². The van der Waals surface area contributed by atoms with Crippen molar-refractivity contribution in [2.24, 2.45) is 0 Å². The predicted octanol–water partition coefficient (Wildman–Crippen LogP) is 4.03. The molecule has 3 N–H and O–H groups in total. The number of likely N-dealkylation sites (tertiary alicyclic amines) is 1. The number of allylic oxidation sites excluding steroid dienone is 1. The van der Waals surface area contributed by atoms with E-state index in [1.165, 1.54) is 24.4 Å². The van der Waals surface area contributed by atoms with Gasteiger partial charge in [0.25, 0.3) is 5.56 Å². The molecule has 0 saturated carbocycles. The number of carbonyl (C=O) groups is 4. The maximum atomic E-state index is 14.3. The van der Waals surface area contributed by atoms with Crippen molar-refractivity contribution in [1.29, 1.82) is 0 Å². The summed E-state index contributed by atoms with van der Waals surface area (Å²) in [4.78, 5) is 68.6. The zero-order chi connectivity index (χ0) is 34.3. The maximum absolute atomic E-state index is 14.3. The number of nitrogens with zero attached hydrogens (tertiary/aromatic N) is 4. The van der Waals surface area contributed by atoms with E-state index in [4.69, 9.17) is 0 Å². The van der Waals surface area contributed by atoms with E-state index >= 15 is 0 Å². The summed E-state index contributed by atoms with van der Waals surface area (Å²) in [6.07, 6.45) is -2.66. The molecule has 3 heterocycles. The second-order valence-electron chi connectivity index (χ2n) is 10.7. The van der Waals surface area contributed by atoms with Gasteiger partial charge in [-0.25, -0.2) is 23.5 Å². The number of carbonyl (C=O) groups excluding carboxylic acids is 3. The van der Waals surface area contributed by atoms with Gasteiger partial charge in [-0.1, -0.05) is 6.08 Å². The number of anilines is 1. The average molecular weight is 665 g/mol. The summed E-state index contributed by atoms with van der Waals surface area (Å²) in [5, 5.41) is 14.7. The van der Waals surface area contributed by atoms with Gasteiger partial charge < -0.3 is 29.9 Å².